The molecule has 0 aliphatic heterocycles. The summed E-state index contributed by atoms with van der Waals surface area (Å²) in [6.07, 6.45) is 8.08. The van der Waals surface area contributed by atoms with Crippen LogP contribution < -0.4 is 5.32 Å². The summed E-state index contributed by atoms with van der Waals surface area (Å²) >= 11 is 0. The van der Waals surface area contributed by atoms with Crippen molar-refractivity contribution in [2.45, 2.75) is 79.4 Å². The lowest BCUT2D eigenvalue weighted by atomic mass is 10.0. The molecule has 3 rings (SSSR count). The summed E-state index contributed by atoms with van der Waals surface area (Å²) in [7, 11) is 0. The minimum Gasteiger partial charge on any atom is -0.444 e. The number of ether oxygens (including phenoxy) is 1. The molecule has 1 aromatic carbocycles. The molecule has 0 fully saturated rings. The van der Waals surface area contributed by atoms with Crippen molar-refractivity contribution < 1.29 is 9.53 Å². The molecule has 3 aromatic rings. The van der Waals surface area contributed by atoms with Crippen molar-refractivity contribution in [2.24, 2.45) is 0 Å². The molecule has 2 N–H and O–H groups in total. The molecular weight excluding hydrogens is 553 g/mol. The maximum absolute atomic E-state index is 12.0. The smallest absolute Gasteiger partial charge is 0.413 e. The molecule has 35 heavy (non-hydrogen) atoms. The summed E-state index contributed by atoms with van der Waals surface area (Å²) in [4.78, 5) is 12.0. The van der Waals surface area contributed by atoms with Gasteiger partial charge in [0.1, 0.15) is 17.1 Å². The normalized spacial score (nSPS) is 11.9. The number of rotatable bonds is 8. The van der Waals surface area contributed by atoms with Crippen LogP contribution in [-0.2, 0) is 11.3 Å². The lowest BCUT2D eigenvalue weighted by Gasteiger charge is -2.19. The predicted molar refractivity (Wildman–Crippen MR) is 153 cm³/mol. The number of unbranched alkanes of at least 4 members (excludes halogenated alkanes) is 2. The Kier molecular flexibility index (Phi) is 10.1. The number of carbonyl (C=O) groups is 1. The molecule has 190 valence electrons. The van der Waals surface area contributed by atoms with Crippen molar-refractivity contribution in [1.29, 1.82) is 5.41 Å². The fourth-order valence-electron chi connectivity index (χ4n) is 4.10. The molecule has 0 atom stereocenters. The molecule has 1 amide bonds. The summed E-state index contributed by atoms with van der Waals surface area (Å²) in [5.74, 6) is 0.0169. The molecule has 0 unspecified atom stereocenters. The zero-order valence-corrected chi connectivity index (χ0v) is 24.0. The third-order valence-electron chi connectivity index (χ3n) is 5.77. The van der Waals surface area contributed by atoms with Crippen molar-refractivity contribution in [3.05, 3.63) is 65.1 Å². The number of alkyl carbamates (subject to hydrolysis) is 1. The van der Waals surface area contributed by atoms with Gasteiger partial charge in [0.2, 0.25) is 0 Å². The van der Waals surface area contributed by atoms with Crippen LogP contribution in [0.4, 0.5) is 4.79 Å². The van der Waals surface area contributed by atoms with Crippen molar-refractivity contribution in [3.8, 4) is 0 Å². The van der Waals surface area contributed by atoms with E-state index in [-0.39, 0.29) is 29.8 Å². The number of carbonyl (C=O) groups excluding carboxylic acids is 1. The zero-order chi connectivity index (χ0) is 24.9. The van der Waals surface area contributed by atoms with Gasteiger partial charge in [-0.1, -0.05) is 50.1 Å². The third-order valence-corrected chi connectivity index (χ3v) is 5.77. The number of benzene rings is 1. The maximum atomic E-state index is 12.0. The Morgan fingerprint density at radius 2 is 1.86 bits per heavy atom. The monoisotopic (exact) mass is 591 g/mol. The first-order chi connectivity index (χ1) is 16.1. The van der Waals surface area contributed by atoms with Gasteiger partial charge in [0.05, 0.1) is 11.9 Å². The molecule has 0 radical (unpaired) electrons. The third kappa shape index (κ3) is 7.19. The number of amides is 1. The molecule has 8 heteroatoms. The van der Waals surface area contributed by atoms with Crippen LogP contribution in [0.1, 0.15) is 82.8 Å². The van der Waals surface area contributed by atoms with Crippen LogP contribution in [0.5, 0.6) is 0 Å². The number of allylic oxidation sites excluding steroid dienone is 2. The van der Waals surface area contributed by atoms with E-state index in [1.807, 2.05) is 41.0 Å². The fraction of sp³-hybridized carbons (Fsp3) is 0.444. The van der Waals surface area contributed by atoms with Crippen LogP contribution in [0.2, 0.25) is 0 Å². The first-order valence-electron chi connectivity index (χ1n) is 12.0. The highest BCUT2D eigenvalue weighted by Gasteiger charge is 2.19. The van der Waals surface area contributed by atoms with Crippen LogP contribution in [0.15, 0.2) is 42.6 Å². The lowest BCUT2D eigenvalue weighted by molar-refractivity contribution is 0.0563. The molecule has 0 saturated heterocycles. The standard InChI is InChI=1S/C27H37N5O2.HI/c1-7-9-10-11-21(8-2)24-19(3)31(23-16-17-29-32(23)24)18-20-12-14-22(15-13-20)25(28)30-26(33)34-27(4,5)6;/h8,12-17H,7,9-11,18H2,1-6H3,(H2,28,30,33);1H. The van der Waals surface area contributed by atoms with Crippen molar-refractivity contribution in [2.75, 3.05) is 0 Å². The van der Waals surface area contributed by atoms with Crippen LogP contribution in [0.3, 0.4) is 0 Å². The van der Waals surface area contributed by atoms with Gasteiger partial charge in [0, 0.05) is 23.9 Å². The molecule has 2 heterocycles. The van der Waals surface area contributed by atoms with Crippen molar-refractivity contribution in [1.82, 2.24) is 19.5 Å². The Hall–Kier alpha value is -2.62. The van der Waals surface area contributed by atoms with E-state index in [0.29, 0.717) is 12.1 Å². The van der Waals surface area contributed by atoms with Crippen LogP contribution in [-0.4, -0.2) is 31.7 Å². The summed E-state index contributed by atoms with van der Waals surface area (Å²) in [5.41, 5.74) is 5.89. The van der Waals surface area contributed by atoms with Crippen LogP contribution in [0, 0.1) is 12.3 Å². The molecule has 7 nitrogen and oxygen atoms in total. The fourth-order valence-corrected chi connectivity index (χ4v) is 4.10. The molecule has 2 aromatic heterocycles. The molecule has 0 spiro atoms. The van der Waals surface area contributed by atoms with E-state index in [4.69, 9.17) is 10.1 Å². The van der Waals surface area contributed by atoms with Gasteiger partial charge in [-0.2, -0.15) is 5.10 Å². The molecule has 0 aliphatic rings. The van der Waals surface area contributed by atoms with E-state index in [2.05, 4.69) is 41.8 Å². The van der Waals surface area contributed by atoms with Crippen LogP contribution in [0.25, 0.3) is 11.2 Å². The Morgan fingerprint density at radius 3 is 2.46 bits per heavy atom. The van der Waals surface area contributed by atoms with Gasteiger partial charge in [0.15, 0.2) is 0 Å². The number of hydrogen-bond donors (Lipinski definition) is 2. The summed E-state index contributed by atoms with van der Waals surface area (Å²) in [6, 6.07) is 9.73. The minimum absolute atomic E-state index is 0. The second-order valence-electron chi connectivity index (χ2n) is 9.59. The van der Waals surface area contributed by atoms with Gasteiger partial charge in [-0.15, -0.1) is 24.0 Å². The van der Waals surface area contributed by atoms with E-state index in [1.54, 1.807) is 20.8 Å². The highest BCUT2D eigenvalue weighted by atomic mass is 127. The second kappa shape index (κ2) is 12.4. The van der Waals surface area contributed by atoms with E-state index in [9.17, 15) is 4.79 Å². The van der Waals surface area contributed by atoms with E-state index >= 15 is 0 Å². The zero-order valence-electron chi connectivity index (χ0n) is 21.6. The average molecular weight is 592 g/mol. The number of nitrogens with zero attached hydrogens (tertiary/aromatic N) is 3. The number of aromatic nitrogens is 3. The van der Waals surface area contributed by atoms with Gasteiger partial charge in [-0.25, -0.2) is 9.31 Å². The largest absolute Gasteiger partial charge is 0.444 e. The topological polar surface area (TPSA) is 84.4 Å². The molecule has 0 bridgehead atoms. The predicted octanol–water partition coefficient (Wildman–Crippen LogP) is 6.94. The summed E-state index contributed by atoms with van der Waals surface area (Å²) in [6.45, 7) is 12.6. The number of amidine groups is 1. The van der Waals surface area contributed by atoms with E-state index in [1.165, 1.54) is 36.2 Å². The van der Waals surface area contributed by atoms with Crippen molar-refractivity contribution >= 4 is 47.1 Å². The number of halogens is 1. The SMILES string of the molecule is CC=C(CCCCC)c1c(C)n(Cc2ccc(C(=N)NC(=O)OC(C)(C)C)cc2)c2ccnn12.I. The average Bonchev–Trinajstić information content (AvgIpc) is 3.33. The van der Waals surface area contributed by atoms with E-state index < -0.39 is 11.7 Å². The number of imidazole rings is 1. The minimum atomic E-state index is -0.626. The maximum Gasteiger partial charge on any atom is 0.413 e. The Bertz CT molecular complexity index is 1180. The second-order valence-corrected chi connectivity index (χ2v) is 9.59. The first kappa shape index (κ1) is 28.6. The Labute approximate surface area is 225 Å². The number of hydrogen-bond acceptors (Lipinski definition) is 4. The summed E-state index contributed by atoms with van der Waals surface area (Å²) in [5, 5.41) is 15.3. The number of fused-ring (bicyclic) bond motifs is 1. The van der Waals surface area contributed by atoms with Crippen LogP contribution >= 0.6 is 24.0 Å². The first-order valence-corrected chi connectivity index (χ1v) is 12.0. The van der Waals surface area contributed by atoms with Gasteiger partial charge in [-0.3, -0.25) is 10.7 Å². The lowest BCUT2D eigenvalue weighted by Crippen LogP contribution is -2.36. The Balaban J connectivity index is 0.00000432. The number of nitrogens with one attached hydrogen (secondary N) is 2. The van der Waals surface area contributed by atoms with E-state index in [0.717, 1.165) is 17.6 Å². The quantitative estimate of drug-likeness (QED) is 0.129. The van der Waals surface area contributed by atoms with Gasteiger partial charge < -0.3 is 9.30 Å². The highest BCUT2D eigenvalue weighted by Crippen LogP contribution is 2.28. The van der Waals surface area contributed by atoms with Gasteiger partial charge >= 0.3 is 6.09 Å². The van der Waals surface area contributed by atoms with Gasteiger partial charge in [0.25, 0.3) is 0 Å². The molecular formula is C27H38IN5O2. The molecule has 0 saturated carbocycles. The molecule has 0 aliphatic carbocycles. The Morgan fingerprint density at radius 1 is 1.17 bits per heavy atom. The summed E-state index contributed by atoms with van der Waals surface area (Å²) < 4.78 is 9.56. The van der Waals surface area contributed by atoms with Gasteiger partial charge in [-0.05, 0) is 58.6 Å². The van der Waals surface area contributed by atoms with Crippen molar-refractivity contribution in [3.63, 3.8) is 0 Å². The highest BCUT2D eigenvalue weighted by molar-refractivity contribution is 14.0.